The van der Waals surface area contributed by atoms with Crippen molar-refractivity contribution in [3.8, 4) is 11.5 Å². The van der Waals surface area contributed by atoms with E-state index in [1.807, 2.05) is 22.6 Å². The summed E-state index contributed by atoms with van der Waals surface area (Å²) in [5.74, 6) is -2.04. The molecule has 0 radical (unpaired) electrons. The highest BCUT2D eigenvalue weighted by Crippen LogP contribution is 2.34. The van der Waals surface area contributed by atoms with E-state index in [4.69, 9.17) is 9.47 Å². The third kappa shape index (κ3) is 4.70. The van der Waals surface area contributed by atoms with Gasteiger partial charge in [0.2, 0.25) is 0 Å². The molecule has 1 aliphatic heterocycles. The molecule has 2 aromatic rings. The highest BCUT2D eigenvalue weighted by molar-refractivity contribution is 14.1. The number of imide groups is 1. The molecule has 0 aromatic heterocycles. The third-order valence-corrected chi connectivity index (χ3v) is 4.95. The summed E-state index contributed by atoms with van der Waals surface area (Å²) in [7, 11) is 1.38. The zero-order chi connectivity index (χ0) is 21.8. The molecule has 156 valence electrons. The number of carbonyl (C=O) groups excluding carboxylic acids is 3. The van der Waals surface area contributed by atoms with E-state index in [9.17, 15) is 23.9 Å². The van der Waals surface area contributed by atoms with Crippen molar-refractivity contribution in [2.75, 3.05) is 13.7 Å². The lowest BCUT2D eigenvalue weighted by Gasteiger charge is -2.14. The number of hydrogen-bond acceptors (Lipinski definition) is 6. The molecule has 10 heteroatoms. The van der Waals surface area contributed by atoms with Gasteiger partial charge in [0.1, 0.15) is 18.1 Å². The smallest absolute Gasteiger partial charge is 0.329 e. The summed E-state index contributed by atoms with van der Waals surface area (Å²) < 4.78 is 24.8. The maximum Gasteiger partial charge on any atom is 0.329 e. The predicted molar refractivity (Wildman–Crippen MR) is 110 cm³/mol. The molecular weight excluding hydrogens is 510 g/mol. The molecule has 30 heavy (non-hydrogen) atoms. The summed E-state index contributed by atoms with van der Waals surface area (Å²) in [6.07, 6.45) is 1.44. The van der Waals surface area contributed by atoms with Crippen molar-refractivity contribution in [2.24, 2.45) is 0 Å². The number of benzene rings is 2. The molecule has 3 amide bonds. The second-order valence-corrected chi connectivity index (χ2v) is 7.33. The number of hydrogen-bond donors (Lipinski definition) is 1. The molecule has 1 N–H and O–H groups in total. The van der Waals surface area contributed by atoms with Crippen LogP contribution in [0.5, 0.6) is 11.5 Å². The lowest BCUT2D eigenvalue weighted by molar-refractivity contribution is -0.307. The van der Waals surface area contributed by atoms with Crippen LogP contribution in [0.1, 0.15) is 11.1 Å². The predicted octanol–water partition coefficient (Wildman–Crippen LogP) is 1.66. The quantitative estimate of drug-likeness (QED) is 0.335. The van der Waals surface area contributed by atoms with Crippen LogP contribution < -0.4 is 19.9 Å². The van der Waals surface area contributed by atoms with Crippen LogP contribution in [0.2, 0.25) is 0 Å². The molecule has 3 rings (SSSR count). The normalized spacial score (nSPS) is 14.8. The molecule has 0 saturated carbocycles. The van der Waals surface area contributed by atoms with E-state index in [0.29, 0.717) is 9.13 Å². The number of nitrogens with one attached hydrogen (secondary N) is 1. The Morgan fingerprint density at radius 3 is 2.70 bits per heavy atom. The van der Waals surface area contributed by atoms with Gasteiger partial charge in [-0.1, -0.05) is 18.2 Å². The standard InChI is InChI=1S/C20H16FIN2O6/c1-29-16-8-11(6-14(22)18(16)30-10-17(25)26)7-15-19(27)24(20(28)23-15)9-12-4-2-3-5-13(12)21/h2-8H,9-10H2,1H3,(H,23,28)(H,25,26)/p-1/b15-7+. The first kappa shape index (κ1) is 21.6. The van der Waals surface area contributed by atoms with Gasteiger partial charge in [0.05, 0.1) is 23.2 Å². The van der Waals surface area contributed by atoms with Gasteiger partial charge in [-0.2, -0.15) is 0 Å². The van der Waals surface area contributed by atoms with Crippen LogP contribution in [0.25, 0.3) is 6.08 Å². The van der Waals surface area contributed by atoms with E-state index in [2.05, 4.69) is 5.32 Å². The minimum absolute atomic E-state index is 0.0117. The maximum atomic E-state index is 13.9. The lowest BCUT2D eigenvalue weighted by atomic mass is 10.1. The summed E-state index contributed by atoms with van der Waals surface area (Å²) in [5, 5.41) is 13.1. The van der Waals surface area contributed by atoms with Gasteiger partial charge in [-0.25, -0.2) is 9.18 Å². The molecule has 0 unspecified atom stereocenters. The van der Waals surface area contributed by atoms with Crippen molar-refractivity contribution in [3.05, 3.63) is 62.6 Å². The molecule has 1 aliphatic rings. The first-order valence-corrected chi connectivity index (χ1v) is 9.66. The van der Waals surface area contributed by atoms with Crippen molar-refractivity contribution in [1.29, 1.82) is 0 Å². The van der Waals surface area contributed by atoms with Crippen LogP contribution in [-0.2, 0) is 16.1 Å². The molecule has 0 aliphatic carbocycles. The number of carboxylic acid groups (broad SMARTS) is 1. The summed E-state index contributed by atoms with van der Waals surface area (Å²) in [6.45, 7) is -0.849. The van der Waals surface area contributed by atoms with Gasteiger partial charge >= 0.3 is 6.03 Å². The highest BCUT2D eigenvalue weighted by Gasteiger charge is 2.34. The topological polar surface area (TPSA) is 108 Å². The van der Waals surface area contributed by atoms with E-state index in [1.165, 1.54) is 37.5 Å². The van der Waals surface area contributed by atoms with Crippen molar-refractivity contribution in [1.82, 2.24) is 10.2 Å². The number of carboxylic acids is 1. The fraction of sp³-hybridized carbons (Fsp3) is 0.150. The summed E-state index contributed by atoms with van der Waals surface area (Å²) in [4.78, 5) is 36.4. The van der Waals surface area contributed by atoms with E-state index in [1.54, 1.807) is 12.1 Å². The summed E-state index contributed by atoms with van der Waals surface area (Å²) in [5.41, 5.74) is 0.735. The van der Waals surface area contributed by atoms with E-state index >= 15 is 0 Å². The van der Waals surface area contributed by atoms with Crippen LogP contribution in [0.15, 0.2) is 42.1 Å². The fourth-order valence-corrected chi connectivity index (χ4v) is 3.55. The number of methoxy groups -OCH3 is 1. The highest BCUT2D eigenvalue weighted by atomic mass is 127. The maximum absolute atomic E-state index is 13.9. The number of carbonyl (C=O) groups is 3. The van der Waals surface area contributed by atoms with Crippen LogP contribution in [-0.4, -0.2) is 36.5 Å². The first-order chi connectivity index (χ1) is 14.3. The Hall–Kier alpha value is -3.15. The average Bonchev–Trinajstić information content (AvgIpc) is 2.95. The van der Waals surface area contributed by atoms with Crippen LogP contribution in [0.3, 0.4) is 0 Å². The monoisotopic (exact) mass is 525 g/mol. The zero-order valence-electron chi connectivity index (χ0n) is 15.6. The van der Waals surface area contributed by atoms with Crippen molar-refractivity contribution in [3.63, 3.8) is 0 Å². The van der Waals surface area contributed by atoms with Gasteiger partial charge in [-0.15, -0.1) is 0 Å². The second-order valence-electron chi connectivity index (χ2n) is 6.17. The van der Waals surface area contributed by atoms with Crippen LogP contribution in [0, 0.1) is 9.39 Å². The molecule has 8 nitrogen and oxygen atoms in total. The zero-order valence-corrected chi connectivity index (χ0v) is 17.8. The van der Waals surface area contributed by atoms with Crippen molar-refractivity contribution < 1.29 is 33.4 Å². The van der Waals surface area contributed by atoms with E-state index < -0.39 is 30.3 Å². The van der Waals surface area contributed by atoms with E-state index in [-0.39, 0.29) is 29.3 Å². The number of amides is 3. The molecular formula is C20H15FIN2O6-. The molecule has 1 saturated heterocycles. The minimum Gasteiger partial charge on any atom is -0.546 e. The number of ether oxygens (including phenoxy) is 2. The Bertz CT molecular complexity index is 1060. The minimum atomic E-state index is -1.38. The number of urea groups is 1. The SMILES string of the molecule is COc1cc(/C=C2/NC(=O)N(Cc3ccccc3F)C2=O)cc(I)c1OCC(=O)[O-]. The second kappa shape index (κ2) is 9.11. The molecule has 2 aromatic carbocycles. The third-order valence-electron chi connectivity index (χ3n) is 4.15. The van der Waals surface area contributed by atoms with Crippen molar-refractivity contribution >= 4 is 46.6 Å². The van der Waals surface area contributed by atoms with Crippen LogP contribution >= 0.6 is 22.6 Å². The van der Waals surface area contributed by atoms with Gasteiger partial charge in [-0.3, -0.25) is 9.69 Å². The van der Waals surface area contributed by atoms with Crippen molar-refractivity contribution in [2.45, 2.75) is 6.54 Å². The number of aliphatic carboxylic acids is 1. The number of rotatable bonds is 7. The first-order valence-electron chi connectivity index (χ1n) is 8.58. The molecule has 0 spiro atoms. The van der Waals surface area contributed by atoms with Gasteiger partial charge in [0.15, 0.2) is 11.5 Å². The van der Waals surface area contributed by atoms with E-state index in [0.717, 1.165) is 4.90 Å². The van der Waals surface area contributed by atoms with Gasteiger partial charge in [-0.05, 0) is 52.4 Å². The average molecular weight is 525 g/mol. The Morgan fingerprint density at radius 2 is 2.03 bits per heavy atom. The molecule has 1 heterocycles. The summed E-state index contributed by atoms with van der Waals surface area (Å²) in [6, 6.07) is 8.37. The number of halogens is 2. The summed E-state index contributed by atoms with van der Waals surface area (Å²) >= 11 is 1.93. The Morgan fingerprint density at radius 1 is 1.30 bits per heavy atom. The largest absolute Gasteiger partial charge is 0.546 e. The number of nitrogens with zero attached hydrogens (tertiary/aromatic N) is 1. The van der Waals surface area contributed by atoms with Gasteiger partial charge in [0.25, 0.3) is 5.91 Å². The van der Waals surface area contributed by atoms with Crippen LogP contribution in [0.4, 0.5) is 9.18 Å². The fourth-order valence-electron chi connectivity index (χ4n) is 2.77. The van der Waals surface area contributed by atoms with Gasteiger partial charge < -0.3 is 24.7 Å². The Labute approximate surface area is 184 Å². The Kier molecular flexibility index (Phi) is 6.55. The molecule has 0 atom stereocenters. The van der Waals surface area contributed by atoms with Gasteiger partial charge in [0, 0.05) is 5.56 Å². The Balaban J connectivity index is 1.85. The molecule has 1 fully saturated rings. The lowest BCUT2D eigenvalue weighted by Crippen LogP contribution is -2.30. The molecule has 0 bridgehead atoms.